The lowest BCUT2D eigenvalue weighted by atomic mass is 9.68. The molecular formula is C108H90N4. The van der Waals surface area contributed by atoms with E-state index >= 15 is 0 Å². The number of anilines is 12. The van der Waals surface area contributed by atoms with Crippen LogP contribution in [0.15, 0.2) is 364 Å². The van der Waals surface area contributed by atoms with Gasteiger partial charge in [0.1, 0.15) is 0 Å². The van der Waals surface area contributed by atoms with Crippen molar-refractivity contribution in [1.82, 2.24) is 0 Å². The van der Waals surface area contributed by atoms with E-state index in [0.29, 0.717) is 0 Å². The SMILES string of the molecule is c1ccc(N(c2ccccc2)c2ccc(-c3ccc(N(c4ccc(-c5ccc(N(c6ccc(-c7ccc(N(c8ccccc8)c8ccc9c(c8)C8(CCCCC8)c8ccccc8-9)cc7)cc6)c6ccc7c(c6)C6(CCCCC6)c6ccccc6-7)cc5)cc4)c4ccc5c(c4)C4(CCCCC4)c4ccccc4-5)cc3)cc2)cc1. The topological polar surface area (TPSA) is 13.0 Å². The van der Waals surface area contributed by atoms with Gasteiger partial charge in [0.25, 0.3) is 0 Å². The summed E-state index contributed by atoms with van der Waals surface area (Å²) in [6.07, 6.45) is 18.6. The van der Waals surface area contributed by atoms with E-state index < -0.39 is 0 Å². The van der Waals surface area contributed by atoms with Gasteiger partial charge in [-0.25, -0.2) is 0 Å². The van der Waals surface area contributed by atoms with E-state index in [0.717, 1.165) is 51.2 Å². The number of nitrogens with zero attached hydrogens (tertiary/aromatic N) is 4. The molecule has 0 atom stereocenters. The Labute approximate surface area is 660 Å². The Morgan fingerprint density at radius 1 is 0.143 bits per heavy atom. The van der Waals surface area contributed by atoms with E-state index in [1.807, 2.05) is 0 Å². The molecule has 6 aliphatic rings. The van der Waals surface area contributed by atoms with E-state index in [2.05, 4.69) is 384 Å². The minimum Gasteiger partial charge on any atom is -0.311 e. The molecule has 112 heavy (non-hydrogen) atoms. The minimum absolute atomic E-state index is 0.0174. The molecule has 21 rings (SSSR count). The molecule has 4 nitrogen and oxygen atoms in total. The van der Waals surface area contributed by atoms with Crippen LogP contribution >= 0.6 is 0 Å². The van der Waals surface area contributed by atoms with Crippen LogP contribution in [-0.2, 0) is 16.2 Å². The highest BCUT2D eigenvalue weighted by Crippen LogP contribution is 2.61. The molecule has 15 aromatic rings. The summed E-state index contributed by atoms with van der Waals surface area (Å²) >= 11 is 0. The maximum Gasteiger partial charge on any atom is 0.0465 e. The Balaban J connectivity index is 0.610. The number of rotatable bonds is 15. The molecule has 4 heteroatoms. The number of hydrogen-bond acceptors (Lipinski definition) is 4. The van der Waals surface area contributed by atoms with Gasteiger partial charge in [-0.3, -0.25) is 0 Å². The summed E-state index contributed by atoms with van der Waals surface area (Å²) in [5.41, 5.74) is 38.3. The van der Waals surface area contributed by atoms with Crippen LogP contribution in [0.2, 0.25) is 0 Å². The van der Waals surface area contributed by atoms with Crippen LogP contribution in [0.25, 0.3) is 66.8 Å². The van der Waals surface area contributed by atoms with Gasteiger partial charge in [0.05, 0.1) is 0 Å². The van der Waals surface area contributed by atoms with Gasteiger partial charge >= 0.3 is 0 Å². The van der Waals surface area contributed by atoms with Crippen molar-refractivity contribution in [3.05, 3.63) is 397 Å². The largest absolute Gasteiger partial charge is 0.311 e. The molecule has 0 radical (unpaired) electrons. The lowest BCUT2D eigenvalue weighted by molar-refractivity contribution is 0.353. The summed E-state index contributed by atoms with van der Waals surface area (Å²) in [6.45, 7) is 0. The first kappa shape index (κ1) is 67.6. The third kappa shape index (κ3) is 11.5. The Hall–Kier alpha value is -12.5. The van der Waals surface area contributed by atoms with Gasteiger partial charge in [-0.2, -0.15) is 0 Å². The first-order valence-corrected chi connectivity index (χ1v) is 41.2. The summed E-state index contributed by atoms with van der Waals surface area (Å²) in [6, 6.07) is 138. The van der Waals surface area contributed by atoms with Crippen molar-refractivity contribution in [3.63, 3.8) is 0 Å². The van der Waals surface area contributed by atoms with Crippen molar-refractivity contribution in [2.45, 2.75) is 113 Å². The van der Waals surface area contributed by atoms with E-state index in [4.69, 9.17) is 0 Å². The lowest BCUT2D eigenvalue weighted by Crippen LogP contribution is -2.28. The predicted molar refractivity (Wildman–Crippen MR) is 469 cm³/mol. The minimum atomic E-state index is 0.0174. The second kappa shape index (κ2) is 28.1. The molecule has 3 fully saturated rings. The zero-order valence-electron chi connectivity index (χ0n) is 63.5. The Bertz CT molecular complexity index is 5910. The normalized spacial score (nSPS) is 15.5. The van der Waals surface area contributed by atoms with Crippen molar-refractivity contribution in [1.29, 1.82) is 0 Å². The quantitative estimate of drug-likeness (QED) is 0.101. The zero-order valence-corrected chi connectivity index (χ0v) is 63.5. The van der Waals surface area contributed by atoms with Gasteiger partial charge < -0.3 is 19.6 Å². The molecule has 0 bridgehead atoms. The highest BCUT2D eigenvalue weighted by atomic mass is 15.2. The Morgan fingerprint density at radius 3 is 0.554 bits per heavy atom. The number of benzene rings is 15. The van der Waals surface area contributed by atoms with Crippen molar-refractivity contribution in [2.75, 3.05) is 19.6 Å². The smallest absolute Gasteiger partial charge is 0.0465 e. The molecule has 542 valence electrons. The van der Waals surface area contributed by atoms with E-state index in [1.54, 1.807) is 0 Å². The standard InChI is InChI=1S/C108H90N4/c1-7-25-82(26-8-1)109(83-27-9-2-10-28-83)85-49-37-76(38-50-85)78-41-53-87(54-42-78)111(92-62-65-98-95-32-14-17-35-101(95)107(104(98)74-92)69-21-5-22-70-107)89-57-45-80(46-58-89)81-47-59-90(60-48-81)112(93-63-66-99-96-33-15-18-36-102(96)108(105(99)75-93)71-23-6-24-72-108)88-55-43-79(44-56-88)77-39-51-86(52-40-77)110(84-29-11-3-12-30-84)91-61-64-97-94-31-13-16-34-100(94)106(103(97)73-91)67-19-4-20-68-106/h1-3,7-18,25-66,73-75H,4-6,19-24,67-72H2. The van der Waals surface area contributed by atoms with Gasteiger partial charge in [0.2, 0.25) is 0 Å². The molecule has 15 aromatic carbocycles. The number of para-hydroxylation sites is 3. The van der Waals surface area contributed by atoms with E-state index in [-0.39, 0.29) is 16.2 Å². The molecule has 0 aromatic heterocycles. The van der Waals surface area contributed by atoms with Crippen molar-refractivity contribution in [3.8, 4) is 66.8 Å². The lowest BCUT2D eigenvalue weighted by Gasteiger charge is -2.36. The first-order chi connectivity index (χ1) is 55.4. The summed E-state index contributed by atoms with van der Waals surface area (Å²) in [5.74, 6) is 0. The van der Waals surface area contributed by atoms with Crippen molar-refractivity contribution >= 4 is 68.2 Å². The van der Waals surface area contributed by atoms with Crippen LogP contribution in [0.5, 0.6) is 0 Å². The van der Waals surface area contributed by atoms with Crippen molar-refractivity contribution in [2.24, 2.45) is 0 Å². The summed E-state index contributed by atoms with van der Waals surface area (Å²) in [5, 5.41) is 0. The molecular weight excluding hydrogens is 1350 g/mol. The summed E-state index contributed by atoms with van der Waals surface area (Å²) in [4.78, 5) is 9.77. The molecule has 0 heterocycles. The summed E-state index contributed by atoms with van der Waals surface area (Å²) in [7, 11) is 0. The molecule has 0 amide bonds. The van der Waals surface area contributed by atoms with Gasteiger partial charge in [-0.1, -0.05) is 276 Å². The van der Waals surface area contributed by atoms with Crippen LogP contribution < -0.4 is 19.6 Å². The molecule has 6 aliphatic carbocycles. The molecule has 0 unspecified atom stereocenters. The average Bonchev–Trinajstić information content (AvgIpc) is 1.57. The first-order valence-electron chi connectivity index (χ1n) is 41.2. The second-order valence-electron chi connectivity index (χ2n) is 32.4. The fraction of sp³-hybridized carbons (Fsp3) is 0.167. The maximum absolute atomic E-state index is 2.56. The number of fused-ring (bicyclic) bond motifs is 15. The molecule has 0 N–H and O–H groups in total. The van der Waals surface area contributed by atoms with Crippen molar-refractivity contribution < 1.29 is 0 Å². The van der Waals surface area contributed by atoms with E-state index in [1.165, 1.54) is 214 Å². The van der Waals surface area contributed by atoms with Crippen LogP contribution in [-0.4, -0.2) is 0 Å². The average molecular weight is 1440 g/mol. The highest BCUT2D eigenvalue weighted by Gasteiger charge is 2.47. The molecule has 0 saturated heterocycles. The van der Waals surface area contributed by atoms with Gasteiger partial charge in [-0.05, 0) is 284 Å². The monoisotopic (exact) mass is 1440 g/mol. The predicted octanol–water partition coefficient (Wildman–Crippen LogP) is 30.3. The van der Waals surface area contributed by atoms with Crippen LogP contribution in [0, 0.1) is 0 Å². The van der Waals surface area contributed by atoms with Crippen LogP contribution in [0.4, 0.5) is 68.2 Å². The van der Waals surface area contributed by atoms with Gasteiger partial charge in [-0.15, -0.1) is 0 Å². The van der Waals surface area contributed by atoms with Gasteiger partial charge in [0.15, 0.2) is 0 Å². The third-order valence-electron chi connectivity index (χ3n) is 26.4. The molecule has 3 spiro atoms. The zero-order chi connectivity index (χ0) is 74.2. The summed E-state index contributed by atoms with van der Waals surface area (Å²) < 4.78 is 0. The third-order valence-corrected chi connectivity index (χ3v) is 26.4. The fourth-order valence-corrected chi connectivity index (χ4v) is 21.2. The maximum atomic E-state index is 2.56. The Kier molecular flexibility index (Phi) is 17.0. The molecule has 3 saturated carbocycles. The van der Waals surface area contributed by atoms with Gasteiger partial charge in [0, 0.05) is 84.5 Å². The van der Waals surface area contributed by atoms with Crippen LogP contribution in [0.3, 0.4) is 0 Å². The van der Waals surface area contributed by atoms with Crippen LogP contribution in [0.1, 0.15) is 130 Å². The second-order valence-corrected chi connectivity index (χ2v) is 32.4. The highest BCUT2D eigenvalue weighted by molar-refractivity contribution is 5.92. The van der Waals surface area contributed by atoms with E-state index in [9.17, 15) is 0 Å². The number of hydrogen-bond donors (Lipinski definition) is 0. The fourth-order valence-electron chi connectivity index (χ4n) is 21.2. The molecule has 0 aliphatic heterocycles. The Morgan fingerprint density at radius 2 is 0.321 bits per heavy atom.